The van der Waals surface area contributed by atoms with Gasteiger partial charge in [0.15, 0.2) is 5.82 Å². The lowest BCUT2D eigenvalue weighted by molar-refractivity contribution is 0.0995. The molecule has 6 heteroatoms. The molecule has 2 heterocycles. The molecule has 2 unspecified atom stereocenters. The van der Waals surface area contributed by atoms with Crippen LogP contribution < -0.4 is 16.9 Å². The first-order valence-corrected chi connectivity index (χ1v) is 6.60. The van der Waals surface area contributed by atoms with E-state index in [0.717, 1.165) is 12.8 Å². The second kappa shape index (κ2) is 5.44. The fraction of sp³-hybridized carbons (Fsp3) is 0.538. The van der Waals surface area contributed by atoms with E-state index < -0.39 is 5.91 Å². The SMILES string of the molecule is CC1CCCC(C)N1Nc1nc(C(N)=O)ccc1N. The van der Waals surface area contributed by atoms with E-state index in [2.05, 4.69) is 29.3 Å². The highest BCUT2D eigenvalue weighted by Gasteiger charge is 2.25. The summed E-state index contributed by atoms with van der Waals surface area (Å²) in [7, 11) is 0. The number of nitrogens with zero attached hydrogens (tertiary/aromatic N) is 2. The highest BCUT2D eigenvalue weighted by molar-refractivity contribution is 5.91. The van der Waals surface area contributed by atoms with E-state index in [0.29, 0.717) is 23.6 Å². The predicted octanol–water partition coefficient (Wildman–Crippen LogP) is 1.35. The summed E-state index contributed by atoms with van der Waals surface area (Å²) in [6.45, 7) is 4.33. The Kier molecular flexibility index (Phi) is 3.90. The van der Waals surface area contributed by atoms with E-state index in [-0.39, 0.29) is 5.69 Å². The summed E-state index contributed by atoms with van der Waals surface area (Å²) in [6, 6.07) is 3.99. The number of nitrogen functional groups attached to an aromatic ring is 1. The van der Waals surface area contributed by atoms with E-state index >= 15 is 0 Å². The van der Waals surface area contributed by atoms with Gasteiger partial charge in [-0.2, -0.15) is 0 Å². The van der Waals surface area contributed by atoms with E-state index in [1.807, 2.05) is 0 Å². The van der Waals surface area contributed by atoms with Gasteiger partial charge in [0.1, 0.15) is 5.69 Å². The minimum atomic E-state index is -0.553. The van der Waals surface area contributed by atoms with Gasteiger partial charge in [-0.3, -0.25) is 4.79 Å². The summed E-state index contributed by atoms with van der Waals surface area (Å²) in [4.78, 5) is 15.3. The molecule has 1 aromatic rings. The molecular weight excluding hydrogens is 242 g/mol. The number of carbonyl (C=O) groups is 1. The Labute approximate surface area is 113 Å². The third kappa shape index (κ3) is 2.96. The largest absolute Gasteiger partial charge is 0.396 e. The van der Waals surface area contributed by atoms with Crippen LogP contribution in [-0.4, -0.2) is 28.0 Å². The number of nitrogens with one attached hydrogen (secondary N) is 1. The number of nitrogens with two attached hydrogens (primary N) is 2. The average Bonchev–Trinajstić information content (AvgIpc) is 2.35. The number of hydrazine groups is 1. The molecule has 0 saturated carbocycles. The number of pyridine rings is 1. The maximum absolute atomic E-state index is 11.2. The second-order valence-corrected chi connectivity index (χ2v) is 5.15. The number of anilines is 2. The summed E-state index contributed by atoms with van der Waals surface area (Å²) < 4.78 is 0. The summed E-state index contributed by atoms with van der Waals surface area (Å²) in [6.07, 6.45) is 3.49. The third-order valence-electron chi connectivity index (χ3n) is 3.61. The number of amides is 1. The smallest absolute Gasteiger partial charge is 0.267 e. The van der Waals surface area contributed by atoms with Crippen molar-refractivity contribution in [1.82, 2.24) is 9.99 Å². The maximum Gasteiger partial charge on any atom is 0.267 e. The van der Waals surface area contributed by atoms with Gasteiger partial charge in [0, 0.05) is 12.1 Å². The highest BCUT2D eigenvalue weighted by Crippen LogP contribution is 2.25. The van der Waals surface area contributed by atoms with Gasteiger partial charge in [-0.15, -0.1) is 0 Å². The number of rotatable bonds is 3. The summed E-state index contributed by atoms with van der Waals surface area (Å²) >= 11 is 0. The molecule has 2 rings (SSSR count). The van der Waals surface area contributed by atoms with Crippen molar-refractivity contribution < 1.29 is 4.79 Å². The van der Waals surface area contributed by atoms with Crippen molar-refractivity contribution in [2.24, 2.45) is 5.73 Å². The average molecular weight is 263 g/mol. The minimum Gasteiger partial charge on any atom is -0.396 e. The van der Waals surface area contributed by atoms with Gasteiger partial charge in [0.2, 0.25) is 0 Å². The second-order valence-electron chi connectivity index (χ2n) is 5.15. The Morgan fingerprint density at radius 3 is 2.58 bits per heavy atom. The van der Waals surface area contributed by atoms with Crippen molar-refractivity contribution in [2.75, 3.05) is 11.2 Å². The Bertz CT molecular complexity index is 466. The standard InChI is InChI=1S/C13H21N5O/c1-8-4-3-5-9(2)18(8)17-13-10(14)6-7-11(16-13)12(15)19/h6-9H,3-5,14H2,1-2H3,(H2,15,19)(H,16,17). The lowest BCUT2D eigenvalue weighted by atomic mass is 10.00. The highest BCUT2D eigenvalue weighted by atomic mass is 16.1. The first kappa shape index (κ1) is 13.6. The van der Waals surface area contributed by atoms with Crippen molar-refractivity contribution in [2.45, 2.75) is 45.2 Å². The molecule has 5 N–H and O–H groups in total. The molecule has 1 saturated heterocycles. The molecule has 0 aliphatic carbocycles. The van der Waals surface area contributed by atoms with E-state index in [1.54, 1.807) is 6.07 Å². The topological polar surface area (TPSA) is 97.3 Å². The number of piperidine rings is 1. The summed E-state index contributed by atoms with van der Waals surface area (Å²) in [5, 5.41) is 2.15. The zero-order valence-electron chi connectivity index (χ0n) is 11.4. The molecule has 6 nitrogen and oxygen atoms in total. The van der Waals surface area contributed by atoms with Gasteiger partial charge in [0.25, 0.3) is 5.91 Å². The Morgan fingerprint density at radius 1 is 1.37 bits per heavy atom. The van der Waals surface area contributed by atoms with Gasteiger partial charge in [-0.1, -0.05) is 6.42 Å². The third-order valence-corrected chi connectivity index (χ3v) is 3.61. The van der Waals surface area contributed by atoms with Gasteiger partial charge in [-0.25, -0.2) is 9.99 Å². The fourth-order valence-corrected chi connectivity index (χ4v) is 2.46. The van der Waals surface area contributed by atoms with Crippen LogP contribution in [0.1, 0.15) is 43.6 Å². The van der Waals surface area contributed by atoms with Gasteiger partial charge >= 0.3 is 0 Å². The summed E-state index contributed by atoms with van der Waals surface area (Å²) in [5.41, 5.74) is 15.1. The molecule has 1 aliphatic rings. The molecule has 19 heavy (non-hydrogen) atoms. The van der Waals surface area contributed by atoms with Gasteiger partial charge in [-0.05, 0) is 38.8 Å². The van der Waals surface area contributed by atoms with Crippen molar-refractivity contribution >= 4 is 17.4 Å². The molecule has 104 valence electrons. The van der Waals surface area contributed by atoms with E-state index in [1.165, 1.54) is 12.5 Å². The Hall–Kier alpha value is -1.82. The van der Waals surface area contributed by atoms with Crippen LogP contribution >= 0.6 is 0 Å². The molecular formula is C13H21N5O. The van der Waals surface area contributed by atoms with Crippen LogP contribution in [0.25, 0.3) is 0 Å². The molecule has 0 radical (unpaired) electrons. The molecule has 1 amide bonds. The Morgan fingerprint density at radius 2 is 2.00 bits per heavy atom. The van der Waals surface area contributed by atoms with Crippen LogP contribution in [0.15, 0.2) is 12.1 Å². The molecule has 1 aliphatic heterocycles. The number of hydrogen-bond acceptors (Lipinski definition) is 5. The molecule has 0 spiro atoms. The quantitative estimate of drug-likeness (QED) is 0.765. The van der Waals surface area contributed by atoms with Crippen LogP contribution in [0.3, 0.4) is 0 Å². The number of hydrogen-bond donors (Lipinski definition) is 3. The zero-order chi connectivity index (χ0) is 14.0. The molecule has 1 aromatic heterocycles. The van der Waals surface area contributed by atoms with Crippen LogP contribution in [-0.2, 0) is 0 Å². The lowest BCUT2D eigenvalue weighted by Gasteiger charge is -2.39. The summed E-state index contributed by atoms with van der Waals surface area (Å²) in [5.74, 6) is -0.0558. The molecule has 2 atom stereocenters. The molecule has 0 aromatic carbocycles. The van der Waals surface area contributed by atoms with Crippen molar-refractivity contribution in [3.8, 4) is 0 Å². The first-order valence-electron chi connectivity index (χ1n) is 6.60. The predicted molar refractivity (Wildman–Crippen MR) is 75.4 cm³/mol. The Balaban J connectivity index is 2.21. The van der Waals surface area contributed by atoms with Crippen LogP contribution in [0, 0.1) is 0 Å². The van der Waals surface area contributed by atoms with Crippen molar-refractivity contribution in [3.63, 3.8) is 0 Å². The zero-order valence-corrected chi connectivity index (χ0v) is 11.4. The van der Waals surface area contributed by atoms with E-state index in [9.17, 15) is 4.79 Å². The molecule has 1 fully saturated rings. The minimum absolute atomic E-state index is 0.217. The molecule has 0 bridgehead atoms. The van der Waals surface area contributed by atoms with Crippen LogP contribution in [0.4, 0.5) is 11.5 Å². The monoisotopic (exact) mass is 263 g/mol. The van der Waals surface area contributed by atoms with Gasteiger partial charge < -0.3 is 16.9 Å². The maximum atomic E-state index is 11.2. The van der Waals surface area contributed by atoms with Crippen LogP contribution in [0.5, 0.6) is 0 Å². The lowest BCUT2D eigenvalue weighted by Crippen LogP contribution is -2.47. The first-order chi connectivity index (χ1) is 8.99. The number of primary amides is 1. The fourth-order valence-electron chi connectivity index (χ4n) is 2.46. The van der Waals surface area contributed by atoms with Gasteiger partial charge in [0.05, 0.1) is 5.69 Å². The van der Waals surface area contributed by atoms with Crippen molar-refractivity contribution in [3.05, 3.63) is 17.8 Å². The number of aromatic nitrogens is 1. The van der Waals surface area contributed by atoms with Crippen molar-refractivity contribution in [1.29, 1.82) is 0 Å². The van der Waals surface area contributed by atoms with E-state index in [4.69, 9.17) is 11.5 Å². The normalized spacial score (nSPS) is 24.1. The number of carbonyl (C=O) groups excluding carboxylic acids is 1. The van der Waals surface area contributed by atoms with Crippen LogP contribution in [0.2, 0.25) is 0 Å².